The Morgan fingerprint density at radius 3 is 2.64 bits per heavy atom. The van der Waals surface area contributed by atoms with Crippen LogP contribution in [0.3, 0.4) is 0 Å². The lowest BCUT2D eigenvalue weighted by molar-refractivity contribution is 0.246. The second-order valence-corrected chi connectivity index (χ2v) is 4.48. The molecule has 1 N–H and O–H groups in total. The van der Waals surface area contributed by atoms with Gasteiger partial charge in [0, 0.05) is 25.2 Å². The van der Waals surface area contributed by atoms with Gasteiger partial charge in [0.05, 0.1) is 0 Å². The monoisotopic (exact) mass is 215 g/mol. The normalized spacial score (nSPS) is 27.1. The van der Waals surface area contributed by atoms with Crippen LogP contribution < -0.4 is 5.32 Å². The standard InChI is InChI=1S/C10H21N3S/c1-5-11-10(14)13-7-6-9(8(13)2)12(3)4/h8-9H,5-7H2,1-4H3,(H,11,14). The summed E-state index contributed by atoms with van der Waals surface area (Å²) in [7, 11) is 4.28. The van der Waals surface area contributed by atoms with E-state index in [2.05, 4.69) is 43.1 Å². The lowest BCUT2D eigenvalue weighted by atomic mass is 10.1. The largest absolute Gasteiger partial charge is 0.363 e. The Labute approximate surface area is 92.4 Å². The van der Waals surface area contributed by atoms with Crippen LogP contribution >= 0.6 is 12.2 Å². The zero-order valence-corrected chi connectivity index (χ0v) is 10.4. The van der Waals surface area contributed by atoms with Gasteiger partial charge >= 0.3 is 0 Å². The molecule has 2 unspecified atom stereocenters. The Bertz CT molecular complexity index is 206. The molecule has 0 amide bonds. The molecule has 1 saturated heterocycles. The van der Waals surface area contributed by atoms with Crippen molar-refractivity contribution in [1.82, 2.24) is 15.1 Å². The molecule has 0 aromatic carbocycles. The van der Waals surface area contributed by atoms with E-state index in [0.29, 0.717) is 12.1 Å². The second kappa shape index (κ2) is 4.94. The Morgan fingerprint density at radius 2 is 2.21 bits per heavy atom. The van der Waals surface area contributed by atoms with Crippen LogP contribution in [0.25, 0.3) is 0 Å². The van der Waals surface area contributed by atoms with Gasteiger partial charge in [-0.2, -0.15) is 0 Å². The van der Waals surface area contributed by atoms with Gasteiger partial charge in [-0.15, -0.1) is 0 Å². The summed E-state index contributed by atoms with van der Waals surface area (Å²) in [6.07, 6.45) is 1.21. The molecule has 0 spiro atoms. The summed E-state index contributed by atoms with van der Waals surface area (Å²) in [6.45, 7) is 6.32. The topological polar surface area (TPSA) is 18.5 Å². The molecule has 0 saturated carbocycles. The number of nitrogens with zero attached hydrogens (tertiary/aromatic N) is 2. The molecule has 1 rings (SSSR count). The van der Waals surface area contributed by atoms with Crippen molar-refractivity contribution in [3.63, 3.8) is 0 Å². The first kappa shape index (κ1) is 11.7. The van der Waals surface area contributed by atoms with Crippen LogP contribution in [-0.4, -0.2) is 54.2 Å². The highest BCUT2D eigenvalue weighted by Gasteiger charge is 2.32. The molecule has 0 bridgehead atoms. The molecule has 2 atom stereocenters. The number of likely N-dealkylation sites (N-methyl/N-ethyl adjacent to an activating group) is 1. The van der Waals surface area contributed by atoms with Gasteiger partial charge in [0.25, 0.3) is 0 Å². The molecule has 4 heteroatoms. The van der Waals surface area contributed by atoms with E-state index in [1.54, 1.807) is 0 Å². The van der Waals surface area contributed by atoms with Crippen molar-refractivity contribution < 1.29 is 0 Å². The molecule has 1 fully saturated rings. The number of hydrogen-bond donors (Lipinski definition) is 1. The number of likely N-dealkylation sites (tertiary alicyclic amines) is 1. The van der Waals surface area contributed by atoms with E-state index in [1.807, 2.05) is 0 Å². The van der Waals surface area contributed by atoms with Crippen LogP contribution in [0.2, 0.25) is 0 Å². The quantitative estimate of drug-likeness (QED) is 0.690. The molecule has 82 valence electrons. The van der Waals surface area contributed by atoms with Crippen LogP contribution in [0, 0.1) is 0 Å². The van der Waals surface area contributed by atoms with E-state index >= 15 is 0 Å². The first-order chi connectivity index (χ1) is 6.57. The highest BCUT2D eigenvalue weighted by atomic mass is 32.1. The van der Waals surface area contributed by atoms with E-state index in [-0.39, 0.29) is 0 Å². The zero-order chi connectivity index (χ0) is 10.7. The third-order valence-corrected chi connectivity index (χ3v) is 3.35. The summed E-state index contributed by atoms with van der Waals surface area (Å²) in [6, 6.07) is 1.16. The average molecular weight is 215 g/mol. The molecule has 0 radical (unpaired) electrons. The van der Waals surface area contributed by atoms with Crippen molar-refractivity contribution in [2.45, 2.75) is 32.4 Å². The first-order valence-corrected chi connectivity index (χ1v) is 5.69. The Balaban J connectivity index is 2.54. The van der Waals surface area contributed by atoms with Crippen LogP contribution in [-0.2, 0) is 0 Å². The maximum absolute atomic E-state index is 5.33. The minimum absolute atomic E-state index is 0.525. The highest BCUT2D eigenvalue weighted by Crippen LogP contribution is 2.20. The molecule has 1 heterocycles. The third kappa shape index (κ3) is 2.36. The van der Waals surface area contributed by atoms with Crippen molar-refractivity contribution in [2.24, 2.45) is 0 Å². The van der Waals surface area contributed by atoms with Crippen LogP contribution in [0.15, 0.2) is 0 Å². The van der Waals surface area contributed by atoms with Crippen molar-refractivity contribution in [1.29, 1.82) is 0 Å². The SMILES string of the molecule is CCNC(=S)N1CCC(N(C)C)C1C. The summed E-state index contributed by atoms with van der Waals surface area (Å²) in [4.78, 5) is 4.59. The maximum Gasteiger partial charge on any atom is 0.169 e. The van der Waals surface area contributed by atoms with Gasteiger partial charge in [-0.05, 0) is 46.6 Å². The molecule has 0 aromatic rings. The Kier molecular flexibility index (Phi) is 4.13. The van der Waals surface area contributed by atoms with E-state index in [1.165, 1.54) is 6.42 Å². The summed E-state index contributed by atoms with van der Waals surface area (Å²) in [5.41, 5.74) is 0. The van der Waals surface area contributed by atoms with Gasteiger partial charge in [0.15, 0.2) is 5.11 Å². The molecule has 14 heavy (non-hydrogen) atoms. The molecule has 0 aliphatic carbocycles. The maximum atomic E-state index is 5.33. The molecular weight excluding hydrogens is 194 g/mol. The van der Waals surface area contributed by atoms with Crippen LogP contribution in [0.5, 0.6) is 0 Å². The smallest absolute Gasteiger partial charge is 0.169 e. The van der Waals surface area contributed by atoms with Gasteiger partial charge in [-0.3, -0.25) is 0 Å². The fourth-order valence-electron chi connectivity index (χ4n) is 2.15. The second-order valence-electron chi connectivity index (χ2n) is 4.09. The Hall–Kier alpha value is -0.350. The van der Waals surface area contributed by atoms with Gasteiger partial charge in [0.1, 0.15) is 0 Å². The van der Waals surface area contributed by atoms with E-state index < -0.39 is 0 Å². The van der Waals surface area contributed by atoms with Gasteiger partial charge in [-0.25, -0.2) is 0 Å². The highest BCUT2D eigenvalue weighted by molar-refractivity contribution is 7.80. The molecule has 0 aromatic heterocycles. The lowest BCUT2D eigenvalue weighted by Crippen LogP contribution is -2.46. The van der Waals surface area contributed by atoms with Gasteiger partial charge in [-0.1, -0.05) is 0 Å². The molecular formula is C10H21N3S. The minimum atomic E-state index is 0.525. The Morgan fingerprint density at radius 1 is 1.57 bits per heavy atom. The fourth-order valence-corrected chi connectivity index (χ4v) is 2.55. The van der Waals surface area contributed by atoms with Gasteiger partial charge in [0.2, 0.25) is 0 Å². The predicted molar refractivity (Wildman–Crippen MR) is 64.5 cm³/mol. The fraction of sp³-hybridized carbons (Fsp3) is 0.900. The number of nitrogens with one attached hydrogen (secondary N) is 1. The van der Waals surface area contributed by atoms with E-state index in [4.69, 9.17) is 12.2 Å². The minimum Gasteiger partial charge on any atom is -0.363 e. The number of thiocarbonyl (C=S) groups is 1. The van der Waals surface area contributed by atoms with Crippen molar-refractivity contribution in [3.05, 3.63) is 0 Å². The summed E-state index contributed by atoms with van der Waals surface area (Å²) < 4.78 is 0. The van der Waals surface area contributed by atoms with Crippen molar-refractivity contribution >= 4 is 17.3 Å². The lowest BCUT2D eigenvalue weighted by Gasteiger charge is -2.30. The summed E-state index contributed by atoms with van der Waals surface area (Å²) in [5, 5.41) is 4.12. The zero-order valence-electron chi connectivity index (χ0n) is 9.58. The van der Waals surface area contributed by atoms with E-state index in [0.717, 1.165) is 18.2 Å². The summed E-state index contributed by atoms with van der Waals surface area (Å²) in [5.74, 6) is 0. The van der Waals surface area contributed by atoms with Crippen LogP contribution in [0.1, 0.15) is 20.3 Å². The van der Waals surface area contributed by atoms with E-state index in [9.17, 15) is 0 Å². The summed E-state index contributed by atoms with van der Waals surface area (Å²) >= 11 is 5.33. The van der Waals surface area contributed by atoms with Crippen LogP contribution in [0.4, 0.5) is 0 Å². The average Bonchev–Trinajstić information content (AvgIpc) is 2.47. The van der Waals surface area contributed by atoms with Crippen molar-refractivity contribution in [2.75, 3.05) is 27.2 Å². The van der Waals surface area contributed by atoms with Gasteiger partial charge < -0.3 is 15.1 Å². The molecule has 1 aliphatic heterocycles. The van der Waals surface area contributed by atoms with Crippen molar-refractivity contribution in [3.8, 4) is 0 Å². The number of hydrogen-bond acceptors (Lipinski definition) is 2. The first-order valence-electron chi connectivity index (χ1n) is 5.28. The third-order valence-electron chi connectivity index (χ3n) is 2.97. The number of rotatable bonds is 2. The molecule has 3 nitrogen and oxygen atoms in total. The predicted octanol–water partition coefficient (Wildman–Crippen LogP) is 0.905. The molecule has 1 aliphatic rings.